The van der Waals surface area contributed by atoms with Crippen molar-refractivity contribution in [1.29, 1.82) is 0 Å². The first-order valence-electron chi connectivity index (χ1n) is 4.80. The number of guanidine groups is 1. The van der Waals surface area contributed by atoms with Gasteiger partial charge in [-0.3, -0.25) is 4.99 Å². The molecule has 1 aromatic rings. The maximum absolute atomic E-state index is 11.6. The van der Waals surface area contributed by atoms with Crippen molar-refractivity contribution in [2.24, 2.45) is 10.7 Å². The zero-order chi connectivity index (χ0) is 12.0. The predicted molar refractivity (Wildman–Crippen MR) is 61.9 cm³/mol. The first-order chi connectivity index (χ1) is 7.69. The molecular weight excluding hydrogens is 206 g/mol. The van der Waals surface area contributed by atoms with Crippen molar-refractivity contribution in [3.05, 3.63) is 35.9 Å². The number of nitrogens with zero attached hydrogens (tertiary/aromatic N) is 1. The first kappa shape index (κ1) is 12.0. The van der Waals surface area contributed by atoms with E-state index in [4.69, 9.17) is 10.5 Å². The summed E-state index contributed by atoms with van der Waals surface area (Å²) in [6, 6.07) is 8.55. The Morgan fingerprint density at radius 2 is 2.06 bits per heavy atom. The Morgan fingerprint density at radius 1 is 1.44 bits per heavy atom. The van der Waals surface area contributed by atoms with Gasteiger partial charge in [-0.15, -0.1) is 0 Å². The van der Waals surface area contributed by atoms with Gasteiger partial charge in [0.05, 0.1) is 7.11 Å². The Labute approximate surface area is 94.3 Å². The highest BCUT2D eigenvalue weighted by molar-refractivity contribution is 5.86. The fraction of sp³-hybridized carbons (Fsp3) is 0.273. The van der Waals surface area contributed by atoms with Crippen molar-refractivity contribution in [3.8, 4) is 0 Å². The minimum atomic E-state index is -0.630. The third-order valence-corrected chi connectivity index (χ3v) is 2.10. The van der Waals surface area contributed by atoms with Gasteiger partial charge in [-0.2, -0.15) is 0 Å². The number of carbonyl (C=O) groups excluding carboxylic acids is 1. The Kier molecular flexibility index (Phi) is 4.32. The maximum atomic E-state index is 11.6. The largest absolute Gasteiger partial charge is 0.467 e. The van der Waals surface area contributed by atoms with Gasteiger partial charge in [-0.25, -0.2) is 4.79 Å². The average Bonchev–Trinajstić information content (AvgIpc) is 2.35. The number of methoxy groups -OCH3 is 1. The number of ether oxygens (including phenoxy) is 1. The van der Waals surface area contributed by atoms with Crippen LogP contribution in [0.25, 0.3) is 0 Å². The lowest BCUT2D eigenvalue weighted by Crippen LogP contribution is -2.39. The lowest BCUT2D eigenvalue weighted by molar-refractivity contribution is -0.142. The summed E-state index contributed by atoms with van der Waals surface area (Å²) < 4.78 is 4.70. The van der Waals surface area contributed by atoms with Crippen LogP contribution >= 0.6 is 0 Å². The summed E-state index contributed by atoms with van der Waals surface area (Å²) in [6.45, 7) is 0. The molecule has 0 bridgehead atoms. The van der Waals surface area contributed by atoms with Gasteiger partial charge in [0.1, 0.15) is 0 Å². The third kappa shape index (κ3) is 2.98. The summed E-state index contributed by atoms with van der Waals surface area (Å²) >= 11 is 0. The second-order valence-corrected chi connectivity index (χ2v) is 3.12. The van der Waals surface area contributed by atoms with Crippen LogP contribution in [0, 0.1) is 0 Å². The number of aliphatic imine (C=N–C) groups is 1. The van der Waals surface area contributed by atoms with Crippen molar-refractivity contribution in [3.63, 3.8) is 0 Å². The summed E-state index contributed by atoms with van der Waals surface area (Å²) in [5.41, 5.74) is 6.31. The molecule has 5 heteroatoms. The first-order valence-corrected chi connectivity index (χ1v) is 4.80. The molecule has 1 rings (SSSR count). The van der Waals surface area contributed by atoms with Crippen molar-refractivity contribution in [2.45, 2.75) is 6.04 Å². The molecule has 0 amide bonds. The van der Waals surface area contributed by atoms with E-state index in [0.717, 1.165) is 5.56 Å². The predicted octanol–water partition coefficient (Wildman–Crippen LogP) is 0.435. The molecule has 0 heterocycles. The average molecular weight is 221 g/mol. The molecule has 0 spiro atoms. The molecule has 0 fully saturated rings. The van der Waals surface area contributed by atoms with E-state index >= 15 is 0 Å². The molecule has 5 nitrogen and oxygen atoms in total. The van der Waals surface area contributed by atoms with Crippen LogP contribution < -0.4 is 11.1 Å². The second-order valence-electron chi connectivity index (χ2n) is 3.12. The minimum Gasteiger partial charge on any atom is -0.467 e. The summed E-state index contributed by atoms with van der Waals surface area (Å²) in [7, 11) is 2.88. The van der Waals surface area contributed by atoms with Gasteiger partial charge in [-0.05, 0) is 5.56 Å². The molecule has 0 saturated heterocycles. The summed E-state index contributed by atoms with van der Waals surface area (Å²) in [5, 5.41) is 2.79. The van der Waals surface area contributed by atoms with E-state index in [-0.39, 0.29) is 5.96 Å². The van der Waals surface area contributed by atoms with Crippen molar-refractivity contribution >= 4 is 11.9 Å². The Hall–Kier alpha value is -2.04. The second kappa shape index (κ2) is 5.75. The van der Waals surface area contributed by atoms with Gasteiger partial charge in [0.15, 0.2) is 12.0 Å². The summed E-state index contributed by atoms with van der Waals surface area (Å²) in [4.78, 5) is 15.3. The topological polar surface area (TPSA) is 76.7 Å². The highest BCUT2D eigenvalue weighted by Gasteiger charge is 2.21. The molecule has 0 aromatic heterocycles. The Morgan fingerprint density at radius 3 is 2.56 bits per heavy atom. The van der Waals surface area contributed by atoms with E-state index < -0.39 is 12.0 Å². The maximum Gasteiger partial charge on any atom is 0.333 e. The van der Waals surface area contributed by atoms with Crippen LogP contribution in [0.15, 0.2) is 35.3 Å². The number of nitrogens with one attached hydrogen (secondary N) is 1. The molecule has 0 radical (unpaired) electrons. The fourth-order valence-corrected chi connectivity index (χ4v) is 1.25. The lowest BCUT2D eigenvalue weighted by Gasteiger charge is -2.16. The highest BCUT2D eigenvalue weighted by Crippen LogP contribution is 2.13. The number of esters is 1. The van der Waals surface area contributed by atoms with Crippen LogP contribution in [0.5, 0.6) is 0 Å². The molecule has 1 atom stereocenters. The van der Waals surface area contributed by atoms with Gasteiger partial charge in [0, 0.05) is 7.05 Å². The van der Waals surface area contributed by atoms with Gasteiger partial charge < -0.3 is 15.8 Å². The standard InChI is InChI=1S/C11H15N3O2/c1-13-11(12)14-9(10(15)16-2)8-6-4-3-5-7-8/h3-7,9H,1-2H3,(H3,12,13,14). The molecule has 0 aliphatic heterocycles. The van der Waals surface area contributed by atoms with Crippen molar-refractivity contribution in [2.75, 3.05) is 14.2 Å². The number of benzene rings is 1. The van der Waals surface area contributed by atoms with E-state index in [2.05, 4.69) is 10.3 Å². The summed E-state index contributed by atoms with van der Waals surface area (Å²) in [5.74, 6) is -0.211. The van der Waals surface area contributed by atoms with E-state index in [1.54, 1.807) is 7.05 Å². The zero-order valence-electron chi connectivity index (χ0n) is 9.31. The molecule has 3 N–H and O–H groups in total. The van der Waals surface area contributed by atoms with Gasteiger partial charge in [-0.1, -0.05) is 30.3 Å². The molecule has 0 aliphatic carbocycles. The molecule has 16 heavy (non-hydrogen) atoms. The van der Waals surface area contributed by atoms with E-state index in [0.29, 0.717) is 0 Å². The normalized spacial score (nSPS) is 13.0. The molecule has 86 valence electrons. The van der Waals surface area contributed by atoms with Crippen LogP contribution in [0.1, 0.15) is 11.6 Å². The quantitative estimate of drug-likeness (QED) is 0.441. The number of nitrogens with two attached hydrogens (primary N) is 1. The van der Waals surface area contributed by atoms with Crippen molar-refractivity contribution in [1.82, 2.24) is 5.32 Å². The SMILES string of the molecule is CN=C(N)NC(C(=O)OC)c1ccccc1. The Bertz CT molecular complexity index is 376. The number of carbonyl (C=O) groups is 1. The monoisotopic (exact) mass is 221 g/mol. The molecule has 1 aromatic carbocycles. The molecule has 0 aliphatic rings. The minimum absolute atomic E-state index is 0.194. The van der Waals surface area contributed by atoms with Crippen LogP contribution in [0.3, 0.4) is 0 Å². The van der Waals surface area contributed by atoms with Crippen molar-refractivity contribution < 1.29 is 9.53 Å². The Balaban J connectivity index is 2.92. The molecule has 0 saturated carbocycles. The van der Waals surface area contributed by atoms with Crippen LogP contribution in [-0.4, -0.2) is 26.1 Å². The number of hydrogen-bond acceptors (Lipinski definition) is 3. The van der Waals surface area contributed by atoms with E-state index in [9.17, 15) is 4.79 Å². The van der Waals surface area contributed by atoms with Gasteiger partial charge >= 0.3 is 5.97 Å². The van der Waals surface area contributed by atoms with Gasteiger partial charge in [0.2, 0.25) is 0 Å². The van der Waals surface area contributed by atoms with E-state index in [1.807, 2.05) is 30.3 Å². The molecule has 1 unspecified atom stereocenters. The number of hydrogen-bond donors (Lipinski definition) is 2. The van der Waals surface area contributed by atoms with Crippen LogP contribution in [0.4, 0.5) is 0 Å². The lowest BCUT2D eigenvalue weighted by atomic mass is 10.1. The molecular formula is C11H15N3O2. The highest BCUT2D eigenvalue weighted by atomic mass is 16.5. The smallest absolute Gasteiger partial charge is 0.333 e. The van der Waals surface area contributed by atoms with Gasteiger partial charge in [0.25, 0.3) is 0 Å². The fourth-order valence-electron chi connectivity index (χ4n) is 1.25. The zero-order valence-corrected chi connectivity index (χ0v) is 9.31. The summed E-state index contributed by atoms with van der Waals surface area (Å²) in [6.07, 6.45) is 0. The van der Waals surface area contributed by atoms with Crippen LogP contribution in [0.2, 0.25) is 0 Å². The number of rotatable bonds is 3. The van der Waals surface area contributed by atoms with Crippen LogP contribution in [-0.2, 0) is 9.53 Å². The van der Waals surface area contributed by atoms with E-state index in [1.165, 1.54) is 7.11 Å². The third-order valence-electron chi connectivity index (χ3n) is 2.10.